The second-order valence-electron chi connectivity index (χ2n) is 5.37. The van der Waals surface area contributed by atoms with E-state index in [1.54, 1.807) is 0 Å². The summed E-state index contributed by atoms with van der Waals surface area (Å²) < 4.78 is 41.7. The third-order valence-corrected chi connectivity index (χ3v) is 4.10. The predicted octanol–water partition coefficient (Wildman–Crippen LogP) is 3.94. The van der Waals surface area contributed by atoms with Gasteiger partial charge in [-0.25, -0.2) is 13.2 Å². The molecule has 0 aromatic heterocycles. The predicted molar refractivity (Wildman–Crippen MR) is 87.5 cm³/mol. The van der Waals surface area contributed by atoms with Gasteiger partial charge < -0.3 is 5.32 Å². The van der Waals surface area contributed by atoms with Gasteiger partial charge in [-0.1, -0.05) is 20.3 Å². The van der Waals surface area contributed by atoms with E-state index in [-0.39, 0.29) is 36.3 Å². The van der Waals surface area contributed by atoms with Crippen molar-refractivity contribution in [3.63, 3.8) is 0 Å². The first kappa shape index (κ1) is 21.5. The third-order valence-electron chi connectivity index (χ3n) is 4.10. The van der Waals surface area contributed by atoms with E-state index in [0.29, 0.717) is 13.1 Å². The van der Waals surface area contributed by atoms with Crippen LogP contribution in [0.3, 0.4) is 0 Å². The first-order valence-electron chi connectivity index (χ1n) is 7.14. The lowest BCUT2D eigenvalue weighted by atomic mass is 9.89. The normalized spacial score (nSPS) is 18.0. The van der Waals surface area contributed by atoms with Crippen LogP contribution in [0, 0.1) is 23.4 Å². The van der Waals surface area contributed by atoms with Crippen molar-refractivity contribution in [2.75, 3.05) is 26.2 Å². The lowest BCUT2D eigenvalue weighted by molar-refractivity contribution is 0.121. The molecule has 2 atom stereocenters. The van der Waals surface area contributed by atoms with E-state index >= 15 is 0 Å². The Labute approximate surface area is 142 Å². The molecule has 0 bridgehead atoms. The molecule has 1 aliphatic rings. The summed E-state index contributed by atoms with van der Waals surface area (Å²) in [5.41, 5.74) is -0.124. The molecule has 1 aliphatic heterocycles. The highest BCUT2D eigenvalue weighted by molar-refractivity contribution is 5.85. The zero-order valence-electron chi connectivity index (χ0n) is 12.7. The van der Waals surface area contributed by atoms with Crippen LogP contribution in [0.1, 0.15) is 31.9 Å². The summed E-state index contributed by atoms with van der Waals surface area (Å²) in [5, 5.41) is 3.22. The van der Waals surface area contributed by atoms with E-state index in [9.17, 15) is 13.2 Å². The molecule has 1 saturated heterocycles. The second kappa shape index (κ2) is 9.60. The molecule has 7 heteroatoms. The molecule has 0 amide bonds. The summed E-state index contributed by atoms with van der Waals surface area (Å²) >= 11 is 0. The average Bonchev–Trinajstić information content (AvgIpc) is 2.48. The molecule has 1 unspecified atom stereocenters. The maximum atomic E-state index is 14.1. The Morgan fingerprint density at radius 1 is 1.09 bits per heavy atom. The number of piperazine rings is 1. The summed E-state index contributed by atoms with van der Waals surface area (Å²) in [6.45, 7) is 6.93. The van der Waals surface area contributed by atoms with Gasteiger partial charge in [-0.3, -0.25) is 4.90 Å². The molecule has 22 heavy (non-hydrogen) atoms. The van der Waals surface area contributed by atoms with Gasteiger partial charge in [0.1, 0.15) is 5.82 Å². The van der Waals surface area contributed by atoms with E-state index < -0.39 is 23.5 Å². The zero-order valence-corrected chi connectivity index (χ0v) is 14.4. The molecule has 1 fully saturated rings. The number of hydrogen-bond donors (Lipinski definition) is 1. The topological polar surface area (TPSA) is 15.3 Å². The third kappa shape index (κ3) is 4.51. The molecule has 1 aromatic rings. The van der Waals surface area contributed by atoms with Crippen LogP contribution in [-0.4, -0.2) is 31.1 Å². The van der Waals surface area contributed by atoms with Gasteiger partial charge in [-0.15, -0.1) is 24.8 Å². The first-order chi connectivity index (χ1) is 9.56. The van der Waals surface area contributed by atoms with Crippen molar-refractivity contribution >= 4 is 24.8 Å². The number of rotatable bonds is 4. The Hall–Kier alpha value is -0.490. The lowest BCUT2D eigenvalue weighted by Gasteiger charge is -2.38. The fourth-order valence-electron chi connectivity index (χ4n) is 2.82. The highest BCUT2D eigenvalue weighted by atomic mass is 35.5. The van der Waals surface area contributed by atoms with Crippen molar-refractivity contribution in [3.8, 4) is 0 Å². The number of benzene rings is 1. The van der Waals surface area contributed by atoms with Gasteiger partial charge in [0.2, 0.25) is 0 Å². The zero-order chi connectivity index (χ0) is 14.7. The summed E-state index contributed by atoms with van der Waals surface area (Å²) in [6.07, 6.45) is 0.782. The maximum absolute atomic E-state index is 14.1. The van der Waals surface area contributed by atoms with Gasteiger partial charge in [-0.05, 0) is 18.1 Å². The van der Waals surface area contributed by atoms with Crippen molar-refractivity contribution in [1.82, 2.24) is 10.2 Å². The second-order valence-corrected chi connectivity index (χ2v) is 5.37. The minimum absolute atomic E-state index is 0. The number of hydrogen-bond acceptors (Lipinski definition) is 2. The summed E-state index contributed by atoms with van der Waals surface area (Å²) in [4.78, 5) is 2.05. The van der Waals surface area contributed by atoms with Gasteiger partial charge in [0.05, 0.1) is 0 Å². The van der Waals surface area contributed by atoms with Crippen LogP contribution < -0.4 is 5.32 Å². The highest BCUT2D eigenvalue weighted by Gasteiger charge is 2.32. The molecule has 2 rings (SSSR count). The molecule has 0 saturated carbocycles. The van der Waals surface area contributed by atoms with Gasteiger partial charge >= 0.3 is 0 Å². The Balaban J connectivity index is 0.00000220. The van der Waals surface area contributed by atoms with Crippen LogP contribution in [0.15, 0.2) is 12.1 Å². The van der Waals surface area contributed by atoms with Gasteiger partial charge in [0, 0.05) is 37.8 Å². The number of nitrogens with one attached hydrogen (secondary N) is 1. The summed E-state index contributed by atoms with van der Waals surface area (Å²) in [6, 6.07) is 1.45. The molecular weight excluding hydrogens is 336 g/mol. The Kier molecular flexibility index (Phi) is 9.39. The molecular formula is C15H23Cl2F3N2. The summed E-state index contributed by atoms with van der Waals surface area (Å²) in [5.74, 6) is -2.63. The maximum Gasteiger partial charge on any atom is 0.166 e. The molecule has 128 valence electrons. The van der Waals surface area contributed by atoms with Crippen LogP contribution in [0.25, 0.3) is 0 Å². The van der Waals surface area contributed by atoms with E-state index in [2.05, 4.69) is 5.32 Å². The van der Waals surface area contributed by atoms with Crippen molar-refractivity contribution < 1.29 is 13.2 Å². The minimum atomic E-state index is -1.05. The lowest BCUT2D eigenvalue weighted by Crippen LogP contribution is -2.47. The molecule has 1 aromatic carbocycles. The van der Waals surface area contributed by atoms with Crippen molar-refractivity contribution in [2.45, 2.75) is 26.3 Å². The van der Waals surface area contributed by atoms with E-state index in [4.69, 9.17) is 0 Å². The Morgan fingerprint density at radius 2 is 1.64 bits per heavy atom. The van der Waals surface area contributed by atoms with E-state index in [0.717, 1.165) is 31.6 Å². The average molecular weight is 359 g/mol. The van der Waals surface area contributed by atoms with Gasteiger partial charge in [0.25, 0.3) is 0 Å². The number of halogens is 5. The van der Waals surface area contributed by atoms with Crippen molar-refractivity contribution in [3.05, 3.63) is 35.1 Å². The Morgan fingerprint density at radius 3 is 2.18 bits per heavy atom. The largest absolute Gasteiger partial charge is 0.314 e. The fraction of sp³-hybridized carbons (Fsp3) is 0.600. The smallest absolute Gasteiger partial charge is 0.166 e. The van der Waals surface area contributed by atoms with Crippen molar-refractivity contribution in [2.24, 2.45) is 5.92 Å². The monoisotopic (exact) mass is 358 g/mol. The van der Waals surface area contributed by atoms with Crippen LogP contribution in [0.5, 0.6) is 0 Å². The van der Waals surface area contributed by atoms with Gasteiger partial charge in [0.15, 0.2) is 11.6 Å². The van der Waals surface area contributed by atoms with Gasteiger partial charge in [-0.2, -0.15) is 0 Å². The van der Waals surface area contributed by atoms with Crippen LogP contribution >= 0.6 is 24.8 Å². The van der Waals surface area contributed by atoms with Crippen LogP contribution in [0.4, 0.5) is 13.2 Å². The van der Waals surface area contributed by atoms with E-state index in [1.807, 2.05) is 18.7 Å². The first-order valence-corrected chi connectivity index (χ1v) is 7.14. The molecule has 0 spiro atoms. The molecule has 0 aliphatic carbocycles. The Bertz CT molecular complexity index is 468. The van der Waals surface area contributed by atoms with Crippen LogP contribution in [0.2, 0.25) is 0 Å². The summed E-state index contributed by atoms with van der Waals surface area (Å²) in [7, 11) is 0. The number of nitrogens with zero attached hydrogens (tertiary/aromatic N) is 1. The van der Waals surface area contributed by atoms with E-state index in [1.165, 1.54) is 0 Å². The SMILES string of the molecule is CCC(C)[C@@H](c1c(F)ccc(F)c1F)N1CCNCC1.Cl.Cl. The fourth-order valence-corrected chi connectivity index (χ4v) is 2.82. The van der Waals surface area contributed by atoms with Crippen LogP contribution in [-0.2, 0) is 0 Å². The standard InChI is InChI=1S/C15H21F3N2.2ClH/c1-3-10(2)15(20-8-6-19-7-9-20)13-11(16)4-5-12(17)14(13)18;;/h4-5,10,15,19H,3,6-9H2,1-2H3;2*1H/t10?,15-;;/m0../s1. The highest BCUT2D eigenvalue weighted by Crippen LogP contribution is 2.35. The minimum Gasteiger partial charge on any atom is -0.314 e. The molecule has 1 heterocycles. The van der Waals surface area contributed by atoms with Crippen molar-refractivity contribution in [1.29, 1.82) is 0 Å². The molecule has 1 N–H and O–H groups in total. The molecule has 2 nitrogen and oxygen atoms in total. The quantitative estimate of drug-likeness (QED) is 0.820. The molecule has 0 radical (unpaired) electrons.